The van der Waals surface area contributed by atoms with Gasteiger partial charge in [0.15, 0.2) is 0 Å². The highest BCUT2D eigenvalue weighted by atomic mass is 16.5. The fourth-order valence-electron chi connectivity index (χ4n) is 3.01. The SMILES string of the molecule is CCNC(CCc1ccccc1)c1ccc2c(c1)CCO2. The van der Waals surface area contributed by atoms with Gasteiger partial charge in [0.1, 0.15) is 5.75 Å². The van der Waals surface area contributed by atoms with Crippen molar-refractivity contribution in [2.24, 2.45) is 0 Å². The maximum absolute atomic E-state index is 5.60. The average molecular weight is 281 g/mol. The third-order valence-corrected chi connectivity index (χ3v) is 4.13. The molecule has 0 radical (unpaired) electrons. The van der Waals surface area contributed by atoms with Crippen LogP contribution < -0.4 is 10.1 Å². The van der Waals surface area contributed by atoms with Crippen molar-refractivity contribution >= 4 is 0 Å². The summed E-state index contributed by atoms with van der Waals surface area (Å²) in [6.07, 6.45) is 3.27. The molecule has 2 aromatic carbocycles. The van der Waals surface area contributed by atoms with E-state index in [9.17, 15) is 0 Å². The quantitative estimate of drug-likeness (QED) is 0.867. The number of nitrogens with one attached hydrogen (secondary N) is 1. The molecule has 1 unspecified atom stereocenters. The molecule has 0 aromatic heterocycles. The minimum Gasteiger partial charge on any atom is -0.493 e. The van der Waals surface area contributed by atoms with E-state index in [1.165, 1.54) is 16.7 Å². The molecular formula is C19H23NO. The lowest BCUT2D eigenvalue weighted by Crippen LogP contribution is -2.21. The molecule has 1 atom stereocenters. The maximum atomic E-state index is 5.60. The zero-order valence-electron chi connectivity index (χ0n) is 12.6. The van der Waals surface area contributed by atoms with E-state index in [-0.39, 0.29) is 0 Å². The highest BCUT2D eigenvalue weighted by Crippen LogP contribution is 2.29. The summed E-state index contributed by atoms with van der Waals surface area (Å²) in [5.41, 5.74) is 4.15. The average Bonchev–Trinajstić information content (AvgIpc) is 3.00. The Balaban J connectivity index is 1.72. The van der Waals surface area contributed by atoms with Gasteiger partial charge in [-0.05, 0) is 42.1 Å². The van der Waals surface area contributed by atoms with Gasteiger partial charge in [-0.1, -0.05) is 49.4 Å². The molecule has 110 valence electrons. The molecule has 2 aromatic rings. The van der Waals surface area contributed by atoms with Crippen LogP contribution in [0.25, 0.3) is 0 Å². The van der Waals surface area contributed by atoms with Gasteiger partial charge < -0.3 is 10.1 Å². The maximum Gasteiger partial charge on any atom is 0.122 e. The van der Waals surface area contributed by atoms with Crippen molar-refractivity contribution in [1.29, 1.82) is 0 Å². The normalized spacial score (nSPS) is 14.5. The van der Waals surface area contributed by atoms with E-state index in [0.29, 0.717) is 6.04 Å². The molecule has 0 fully saturated rings. The zero-order chi connectivity index (χ0) is 14.5. The third kappa shape index (κ3) is 3.45. The number of rotatable bonds is 6. The topological polar surface area (TPSA) is 21.3 Å². The summed E-state index contributed by atoms with van der Waals surface area (Å²) in [4.78, 5) is 0. The lowest BCUT2D eigenvalue weighted by atomic mass is 9.97. The zero-order valence-corrected chi connectivity index (χ0v) is 12.6. The minimum absolute atomic E-state index is 0.418. The molecule has 2 nitrogen and oxygen atoms in total. The molecule has 1 aliphatic rings. The highest BCUT2D eigenvalue weighted by Gasteiger charge is 2.16. The van der Waals surface area contributed by atoms with Crippen molar-refractivity contribution in [2.75, 3.05) is 13.2 Å². The molecule has 0 amide bonds. The summed E-state index contributed by atoms with van der Waals surface area (Å²) < 4.78 is 5.60. The van der Waals surface area contributed by atoms with Gasteiger partial charge in [0.05, 0.1) is 6.61 Å². The summed E-state index contributed by atoms with van der Waals surface area (Å²) >= 11 is 0. The van der Waals surface area contributed by atoms with Crippen LogP contribution in [0.3, 0.4) is 0 Å². The summed E-state index contributed by atoms with van der Waals surface area (Å²) in [5.74, 6) is 1.07. The number of hydrogen-bond donors (Lipinski definition) is 1. The number of hydrogen-bond acceptors (Lipinski definition) is 2. The number of ether oxygens (including phenoxy) is 1. The van der Waals surface area contributed by atoms with E-state index in [1.54, 1.807) is 0 Å². The Kier molecular flexibility index (Phi) is 4.56. The monoisotopic (exact) mass is 281 g/mol. The Morgan fingerprint density at radius 1 is 1.14 bits per heavy atom. The van der Waals surface area contributed by atoms with Crippen molar-refractivity contribution in [1.82, 2.24) is 5.32 Å². The predicted octanol–water partition coefficient (Wildman–Crippen LogP) is 3.90. The van der Waals surface area contributed by atoms with E-state index in [1.807, 2.05) is 0 Å². The Morgan fingerprint density at radius 2 is 2.00 bits per heavy atom. The van der Waals surface area contributed by atoms with Crippen LogP contribution in [0.1, 0.15) is 36.1 Å². The van der Waals surface area contributed by atoms with Crippen LogP contribution >= 0.6 is 0 Å². The number of benzene rings is 2. The molecule has 3 rings (SSSR count). The van der Waals surface area contributed by atoms with Gasteiger partial charge in [0, 0.05) is 12.5 Å². The van der Waals surface area contributed by atoms with E-state index in [0.717, 1.165) is 38.2 Å². The van der Waals surface area contributed by atoms with Gasteiger partial charge in [0.2, 0.25) is 0 Å². The van der Waals surface area contributed by atoms with Crippen LogP contribution in [0.2, 0.25) is 0 Å². The molecular weight excluding hydrogens is 258 g/mol. The number of aryl methyl sites for hydroxylation is 1. The molecule has 1 aliphatic heterocycles. The lowest BCUT2D eigenvalue weighted by molar-refractivity contribution is 0.356. The highest BCUT2D eigenvalue weighted by molar-refractivity contribution is 5.40. The van der Waals surface area contributed by atoms with Crippen molar-refractivity contribution in [3.05, 3.63) is 65.2 Å². The van der Waals surface area contributed by atoms with Crippen molar-refractivity contribution in [2.45, 2.75) is 32.2 Å². The van der Waals surface area contributed by atoms with Gasteiger partial charge >= 0.3 is 0 Å². The smallest absolute Gasteiger partial charge is 0.122 e. The van der Waals surface area contributed by atoms with Crippen LogP contribution in [0, 0.1) is 0 Å². The largest absolute Gasteiger partial charge is 0.493 e. The first-order chi connectivity index (χ1) is 10.4. The predicted molar refractivity (Wildman–Crippen MR) is 86.8 cm³/mol. The van der Waals surface area contributed by atoms with Gasteiger partial charge in [0.25, 0.3) is 0 Å². The molecule has 21 heavy (non-hydrogen) atoms. The van der Waals surface area contributed by atoms with Gasteiger partial charge in [-0.25, -0.2) is 0 Å². The van der Waals surface area contributed by atoms with Crippen molar-refractivity contribution < 1.29 is 4.74 Å². The summed E-state index contributed by atoms with van der Waals surface area (Å²) in [6, 6.07) is 17.8. The van der Waals surface area contributed by atoms with Crippen LogP contribution in [-0.4, -0.2) is 13.2 Å². The first-order valence-electron chi connectivity index (χ1n) is 7.89. The van der Waals surface area contributed by atoms with Crippen LogP contribution in [0.5, 0.6) is 5.75 Å². The molecule has 0 saturated carbocycles. The Bertz CT molecular complexity index is 579. The second kappa shape index (κ2) is 6.77. The molecule has 0 spiro atoms. The van der Waals surface area contributed by atoms with Gasteiger partial charge in [-0.3, -0.25) is 0 Å². The molecule has 0 aliphatic carbocycles. The Labute approximate surface area is 127 Å². The third-order valence-electron chi connectivity index (χ3n) is 4.13. The Morgan fingerprint density at radius 3 is 2.81 bits per heavy atom. The van der Waals surface area contributed by atoms with Crippen LogP contribution in [0.15, 0.2) is 48.5 Å². The second-order valence-corrected chi connectivity index (χ2v) is 5.60. The first-order valence-corrected chi connectivity index (χ1v) is 7.89. The summed E-state index contributed by atoms with van der Waals surface area (Å²) in [5, 5.41) is 3.62. The van der Waals surface area contributed by atoms with E-state index < -0.39 is 0 Å². The van der Waals surface area contributed by atoms with Gasteiger partial charge in [-0.15, -0.1) is 0 Å². The van der Waals surface area contributed by atoms with Crippen LogP contribution in [0.4, 0.5) is 0 Å². The van der Waals surface area contributed by atoms with Crippen LogP contribution in [-0.2, 0) is 12.8 Å². The van der Waals surface area contributed by atoms with E-state index in [2.05, 4.69) is 60.8 Å². The second-order valence-electron chi connectivity index (χ2n) is 5.60. The molecule has 2 heteroatoms. The Hall–Kier alpha value is -1.80. The van der Waals surface area contributed by atoms with Gasteiger partial charge in [-0.2, -0.15) is 0 Å². The fraction of sp³-hybridized carbons (Fsp3) is 0.368. The van der Waals surface area contributed by atoms with E-state index in [4.69, 9.17) is 4.74 Å². The molecule has 0 bridgehead atoms. The summed E-state index contributed by atoms with van der Waals surface area (Å²) in [6.45, 7) is 3.99. The molecule has 1 N–H and O–H groups in total. The van der Waals surface area contributed by atoms with E-state index >= 15 is 0 Å². The molecule has 1 heterocycles. The van der Waals surface area contributed by atoms with Crippen molar-refractivity contribution in [3.63, 3.8) is 0 Å². The summed E-state index contributed by atoms with van der Waals surface area (Å²) in [7, 11) is 0. The first kappa shape index (κ1) is 14.2. The lowest BCUT2D eigenvalue weighted by Gasteiger charge is -2.19. The number of fused-ring (bicyclic) bond motifs is 1. The minimum atomic E-state index is 0.418. The molecule has 0 saturated heterocycles. The van der Waals surface area contributed by atoms with Crippen molar-refractivity contribution in [3.8, 4) is 5.75 Å². The standard InChI is InChI=1S/C19H23NO/c1-2-20-18(10-8-15-6-4-3-5-7-15)16-9-11-19-17(14-16)12-13-21-19/h3-7,9,11,14,18,20H,2,8,10,12-13H2,1H3. The fourth-order valence-corrected chi connectivity index (χ4v) is 3.01.